The molecule has 0 aliphatic rings. The van der Waals surface area contributed by atoms with E-state index in [1.165, 1.54) is 257 Å². The Balaban J connectivity index is 4.15. The first-order chi connectivity index (χ1) is 34.5. The highest BCUT2D eigenvalue weighted by molar-refractivity contribution is 7.45. The number of rotatable bonds is 58. The van der Waals surface area contributed by atoms with Gasteiger partial charge in [-0.05, 0) is 32.1 Å². The van der Waals surface area contributed by atoms with E-state index in [-0.39, 0.29) is 19.1 Å². The maximum absolute atomic E-state index is 13.0. The Morgan fingerprint density at radius 1 is 0.479 bits per heavy atom. The highest BCUT2D eigenvalue weighted by atomic mass is 31.2. The van der Waals surface area contributed by atoms with E-state index >= 15 is 0 Å². The van der Waals surface area contributed by atoms with Crippen LogP contribution in [0.3, 0.4) is 0 Å². The Labute approximate surface area is 443 Å². The van der Waals surface area contributed by atoms with Gasteiger partial charge in [0.25, 0.3) is 7.82 Å². The van der Waals surface area contributed by atoms with Crippen molar-refractivity contribution >= 4 is 13.7 Å². The third-order valence-corrected chi connectivity index (χ3v) is 15.4. The van der Waals surface area contributed by atoms with Crippen LogP contribution in [0.2, 0.25) is 0 Å². The van der Waals surface area contributed by atoms with Gasteiger partial charge in [-0.2, -0.15) is 0 Å². The molecule has 0 spiro atoms. The van der Waals surface area contributed by atoms with Gasteiger partial charge in [-0.1, -0.05) is 301 Å². The van der Waals surface area contributed by atoms with Crippen molar-refractivity contribution in [3.8, 4) is 0 Å². The average molecular weight is 1020 g/mol. The lowest BCUT2D eigenvalue weighted by Gasteiger charge is -2.29. The summed E-state index contributed by atoms with van der Waals surface area (Å²) < 4.78 is 23.4. The van der Waals surface area contributed by atoms with Crippen LogP contribution in [-0.2, 0) is 18.4 Å². The third-order valence-electron chi connectivity index (χ3n) is 14.4. The number of aliphatic hydroxyl groups excluding tert-OH is 1. The molecule has 422 valence electrons. The molecule has 8 nitrogen and oxygen atoms in total. The summed E-state index contributed by atoms with van der Waals surface area (Å²) >= 11 is 0. The molecule has 3 unspecified atom stereocenters. The molecular weight excluding hydrogens is 900 g/mol. The fourth-order valence-electron chi connectivity index (χ4n) is 9.53. The summed E-state index contributed by atoms with van der Waals surface area (Å²) in [6, 6.07) is -0.901. The number of quaternary nitrogens is 1. The minimum absolute atomic E-state index is 0.00360. The summed E-state index contributed by atoms with van der Waals surface area (Å²) in [6.07, 6.45) is 68.5. The van der Waals surface area contributed by atoms with Gasteiger partial charge in [0.2, 0.25) is 5.91 Å². The zero-order valence-electron chi connectivity index (χ0n) is 48.2. The first-order valence-electron chi connectivity index (χ1n) is 31.2. The standard InChI is InChI=1S/C62H123N2O6P/c1-6-8-10-12-14-16-18-20-22-24-26-28-29-30-31-32-33-34-35-36-37-39-41-43-45-47-49-51-53-55-61(65)60(59-70-71(67,68)69-58-57-64(3,4)5)63-62(66)56-54-52-50-48-46-44-42-40-38-27-25-23-21-19-17-15-13-11-9-7-2/h45,47,53,55,60-61,65H,6-44,46,48-52,54,56-59H2,1-5H3,(H-,63,66,67,68)/b47-45+,55-53+. The minimum atomic E-state index is -4.60. The highest BCUT2D eigenvalue weighted by Crippen LogP contribution is 2.38. The predicted molar refractivity (Wildman–Crippen MR) is 307 cm³/mol. The van der Waals surface area contributed by atoms with E-state index in [1.807, 2.05) is 27.2 Å². The molecular formula is C62H123N2O6P. The SMILES string of the molecule is CCCCCCCCCCCCCCCCCCCCCCCCC/C=C/CC/C=C/C(O)C(COP(=O)([O-])OCC[N+](C)(C)C)NC(=O)CCCCCCCCCCCCCCCCCCCCCC. The first-order valence-corrected chi connectivity index (χ1v) is 32.7. The van der Waals surface area contributed by atoms with Gasteiger partial charge in [-0.15, -0.1) is 0 Å². The number of likely N-dealkylation sites (N-methyl/N-ethyl adjacent to an activating group) is 1. The molecule has 0 bridgehead atoms. The lowest BCUT2D eigenvalue weighted by Crippen LogP contribution is -2.45. The molecule has 71 heavy (non-hydrogen) atoms. The molecule has 0 heterocycles. The third kappa shape index (κ3) is 56.5. The molecule has 2 N–H and O–H groups in total. The van der Waals surface area contributed by atoms with Crippen LogP contribution in [0.15, 0.2) is 24.3 Å². The van der Waals surface area contributed by atoms with Crippen LogP contribution in [0.4, 0.5) is 0 Å². The lowest BCUT2D eigenvalue weighted by molar-refractivity contribution is -0.870. The summed E-state index contributed by atoms with van der Waals surface area (Å²) in [7, 11) is 1.26. The van der Waals surface area contributed by atoms with Crippen LogP contribution in [0.25, 0.3) is 0 Å². The van der Waals surface area contributed by atoms with E-state index in [4.69, 9.17) is 9.05 Å². The summed E-state index contributed by atoms with van der Waals surface area (Å²) in [5, 5.41) is 13.9. The van der Waals surface area contributed by atoms with Gasteiger partial charge >= 0.3 is 0 Å². The first kappa shape index (κ1) is 70.0. The molecule has 1 amide bonds. The van der Waals surface area contributed by atoms with Gasteiger partial charge in [0.1, 0.15) is 13.2 Å². The normalized spacial score (nSPS) is 14.0. The fraction of sp³-hybridized carbons (Fsp3) is 0.919. The fourth-order valence-corrected chi connectivity index (χ4v) is 10.2. The lowest BCUT2D eigenvalue weighted by atomic mass is 10.0. The number of nitrogens with zero attached hydrogens (tertiary/aromatic N) is 1. The topological polar surface area (TPSA) is 108 Å². The van der Waals surface area contributed by atoms with Crippen LogP contribution in [0.1, 0.15) is 316 Å². The predicted octanol–water partition coefficient (Wildman–Crippen LogP) is 18.5. The molecule has 3 atom stereocenters. The van der Waals surface area contributed by atoms with Gasteiger partial charge < -0.3 is 28.8 Å². The van der Waals surface area contributed by atoms with Crippen molar-refractivity contribution < 1.29 is 32.9 Å². The van der Waals surface area contributed by atoms with Crippen LogP contribution in [0.5, 0.6) is 0 Å². The maximum Gasteiger partial charge on any atom is 0.268 e. The van der Waals surface area contributed by atoms with Crippen molar-refractivity contribution in [2.75, 3.05) is 40.9 Å². The number of phosphoric ester groups is 1. The quantitative estimate of drug-likeness (QED) is 0.0272. The molecule has 9 heteroatoms. The summed E-state index contributed by atoms with van der Waals surface area (Å²) in [5.41, 5.74) is 0. The molecule has 0 aromatic heterocycles. The van der Waals surface area contributed by atoms with Gasteiger partial charge in [-0.3, -0.25) is 9.36 Å². The molecule has 0 aliphatic carbocycles. The largest absolute Gasteiger partial charge is 0.756 e. The summed E-state index contributed by atoms with van der Waals surface area (Å²) in [4.78, 5) is 25.5. The van der Waals surface area contributed by atoms with E-state index in [0.717, 1.165) is 38.5 Å². The highest BCUT2D eigenvalue weighted by Gasteiger charge is 2.23. The summed E-state index contributed by atoms with van der Waals surface area (Å²) in [6.45, 7) is 4.68. The molecule has 0 aliphatic heterocycles. The second-order valence-electron chi connectivity index (χ2n) is 22.8. The zero-order chi connectivity index (χ0) is 52.0. The molecule has 0 saturated carbocycles. The molecule has 0 saturated heterocycles. The van der Waals surface area contributed by atoms with Gasteiger partial charge in [0.05, 0.1) is 39.9 Å². The second-order valence-corrected chi connectivity index (χ2v) is 24.2. The van der Waals surface area contributed by atoms with Crippen molar-refractivity contribution in [2.45, 2.75) is 328 Å². The number of hydrogen-bond donors (Lipinski definition) is 2. The number of hydrogen-bond acceptors (Lipinski definition) is 6. The molecule has 0 fully saturated rings. The number of phosphoric acid groups is 1. The maximum atomic E-state index is 13.0. The van der Waals surface area contributed by atoms with Crippen molar-refractivity contribution in [1.29, 1.82) is 0 Å². The van der Waals surface area contributed by atoms with Gasteiger partial charge in [0.15, 0.2) is 0 Å². The van der Waals surface area contributed by atoms with Crippen molar-refractivity contribution in [3.05, 3.63) is 24.3 Å². The smallest absolute Gasteiger partial charge is 0.268 e. The average Bonchev–Trinajstić information content (AvgIpc) is 3.33. The van der Waals surface area contributed by atoms with Crippen molar-refractivity contribution in [1.82, 2.24) is 5.32 Å². The van der Waals surface area contributed by atoms with E-state index in [0.29, 0.717) is 17.4 Å². The number of amides is 1. The van der Waals surface area contributed by atoms with Crippen LogP contribution >= 0.6 is 7.82 Å². The Bertz CT molecular complexity index is 1210. The van der Waals surface area contributed by atoms with Crippen LogP contribution in [-0.4, -0.2) is 68.5 Å². The van der Waals surface area contributed by atoms with Crippen LogP contribution < -0.4 is 10.2 Å². The van der Waals surface area contributed by atoms with E-state index < -0.39 is 20.0 Å². The van der Waals surface area contributed by atoms with Gasteiger partial charge in [-0.25, -0.2) is 0 Å². The Hall–Kier alpha value is -1.02. The molecule has 0 radical (unpaired) electrons. The number of allylic oxidation sites excluding steroid dienone is 3. The van der Waals surface area contributed by atoms with Crippen molar-refractivity contribution in [3.63, 3.8) is 0 Å². The monoisotopic (exact) mass is 1020 g/mol. The number of aliphatic hydroxyl groups is 1. The van der Waals surface area contributed by atoms with Gasteiger partial charge in [0, 0.05) is 6.42 Å². The minimum Gasteiger partial charge on any atom is -0.756 e. The number of unbranched alkanes of at least 4 members (excludes halogenated alkanes) is 43. The second kappa shape index (κ2) is 53.8. The Morgan fingerprint density at radius 2 is 0.789 bits per heavy atom. The van der Waals surface area contributed by atoms with Crippen LogP contribution in [0, 0.1) is 0 Å². The molecule has 0 aromatic rings. The number of carbonyl (C=O) groups excluding carboxylic acids is 1. The zero-order valence-corrected chi connectivity index (χ0v) is 49.1. The Kier molecular flexibility index (Phi) is 53.0. The van der Waals surface area contributed by atoms with Crippen molar-refractivity contribution in [2.24, 2.45) is 0 Å². The number of carbonyl (C=O) groups is 1. The Morgan fingerprint density at radius 3 is 1.14 bits per heavy atom. The molecule has 0 rings (SSSR count). The number of nitrogens with one attached hydrogen (secondary N) is 1. The van der Waals surface area contributed by atoms with E-state index in [1.54, 1.807) is 6.08 Å². The van der Waals surface area contributed by atoms with E-state index in [9.17, 15) is 19.4 Å². The summed E-state index contributed by atoms with van der Waals surface area (Å²) in [5.74, 6) is -0.200. The molecule has 0 aromatic carbocycles. The van der Waals surface area contributed by atoms with E-state index in [2.05, 4.69) is 31.3 Å².